The molecule has 0 atom stereocenters. The van der Waals surface area contributed by atoms with Gasteiger partial charge < -0.3 is 10.1 Å². The fraction of sp³-hybridized carbons (Fsp3) is 0.412. The largest absolute Gasteiger partial charge is 0.494 e. The summed E-state index contributed by atoms with van der Waals surface area (Å²) in [4.78, 5) is 18.0. The van der Waals surface area contributed by atoms with Crippen molar-refractivity contribution >= 4 is 34.8 Å². The van der Waals surface area contributed by atoms with Gasteiger partial charge in [0.1, 0.15) is 5.75 Å². The summed E-state index contributed by atoms with van der Waals surface area (Å²) in [5, 5.41) is 3.66. The topological polar surface area (TPSA) is 51.2 Å². The molecule has 0 bridgehead atoms. The van der Waals surface area contributed by atoms with Gasteiger partial charge in [0.25, 0.3) is 0 Å². The number of aryl methyl sites for hydroxylation is 2. The molecule has 0 radical (unpaired) electrons. The monoisotopic (exact) mass is 352 g/mol. The normalized spacial score (nSPS) is 12.9. The fourth-order valence-corrected chi connectivity index (χ4v) is 3.69. The van der Waals surface area contributed by atoms with Crippen molar-refractivity contribution in [1.82, 2.24) is 4.98 Å². The molecule has 0 unspecified atom stereocenters. The van der Waals surface area contributed by atoms with Crippen LogP contribution in [0, 0.1) is 0 Å². The highest BCUT2D eigenvalue weighted by atomic mass is 35.5. The van der Waals surface area contributed by atoms with Crippen LogP contribution < -0.4 is 10.1 Å². The van der Waals surface area contributed by atoms with E-state index in [-0.39, 0.29) is 18.3 Å². The molecule has 1 aromatic heterocycles. The minimum atomic E-state index is -0.0183. The van der Waals surface area contributed by atoms with E-state index >= 15 is 0 Å². The maximum absolute atomic E-state index is 12.1. The predicted octanol–water partition coefficient (Wildman–Crippen LogP) is 4.02. The van der Waals surface area contributed by atoms with E-state index in [9.17, 15) is 4.79 Å². The van der Waals surface area contributed by atoms with Crippen LogP contribution in [-0.4, -0.2) is 17.5 Å². The molecule has 0 fully saturated rings. The van der Waals surface area contributed by atoms with Gasteiger partial charge in [-0.1, -0.05) is 12.1 Å². The number of carbonyl (C=O) groups excluding carboxylic acids is 1. The standard InChI is InChI=1S/C17H20N2O2S.ClH/c1-2-21-13-9-7-12(8-10-13)11-16(20)19-17-18-14-5-3-4-6-15(14)22-17;/h7-10H,2-6,11H2,1H3,(H,18,19,20);1H. The predicted molar refractivity (Wildman–Crippen MR) is 95.9 cm³/mol. The number of benzene rings is 1. The number of carbonyl (C=O) groups is 1. The van der Waals surface area contributed by atoms with Crippen LogP contribution in [0.25, 0.3) is 0 Å². The maximum Gasteiger partial charge on any atom is 0.230 e. The van der Waals surface area contributed by atoms with Gasteiger partial charge in [0.15, 0.2) is 5.13 Å². The van der Waals surface area contributed by atoms with Gasteiger partial charge in [-0.15, -0.1) is 23.7 Å². The average molecular weight is 353 g/mol. The number of ether oxygens (including phenoxy) is 1. The van der Waals surface area contributed by atoms with Crippen LogP contribution in [0.1, 0.15) is 35.9 Å². The highest BCUT2D eigenvalue weighted by Gasteiger charge is 2.16. The third-order valence-corrected chi connectivity index (χ3v) is 4.76. The van der Waals surface area contributed by atoms with Crippen molar-refractivity contribution < 1.29 is 9.53 Å². The van der Waals surface area contributed by atoms with Crippen molar-refractivity contribution in [1.29, 1.82) is 0 Å². The number of hydrogen-bond donors (Lipinski definition) is 1. The highest BCUT2D eigenvalue weighted by Crippen LogP contribution is 2.29. The summed E-state index contributed by atoms with van der Waals surface area (Å²) in [7, 11) is 0. The number of thiazole rings is 1. The number of fused-ring (bicyclic) bond motifs is 1. The first-order chi connectivity index (χ1) is 10.7. The zero-order valence-electron chi connectivity index (χ0n) is 13.1. The highest BCUT2D eigenvalue weighted by molar-refractivity contribution is 7.15. The number of amides is 1. The minimum Gasteiger partial charge on any atom is -0.494 e. The Labute approximate surface area is 146 Å². The fourth-order valence-electron chi connectivity index (χ4n) is 2.62. The summed E-state index contributed by atoms with van der Waals surface area (Å²) in [5.74, 6) is 0.814. The molecule has 1 aliphatic carbocycles. The Bertz CT molecular complexity index is 632. The van der Waals surface area contributed by atoms with Gasteiger partial charge in [0.2, 0.25) is 5.91 Å². The summed E-state index contributed by atoms with van der Waals surface area (Å²) in [6.07, 6.45) is 4.93. The average Bonchev–Trinajstić information content (AvgIpc) is 2.91. The number of hydrogen-bond acceptors (Lipinski definition) is 4. The van der Waals surface area contributed by atoms with Gasteiger partial charge in [-0.2, -0.15) is 0 Å². The van der Waals surface area contributed by atoms with E-state index < -0.39 is 0 Å². The molecule has 1 amide bonds. The summed E-state index contributed by atoms with van der Waals surface area (Å²) in [6, 6.07) is 7.65. The third-order valence-electron chi connectivity index (χ3n) is 3.69. The Morgan fingerprint density at radius 1 is 1.26 bits per heavy atom. The molecule has 2 aromatic rings. The first-order valence-corrected chi connectivity index (χ1v) is 8.56. The van der Waals surface area contributed by atoms with E-state index in [0.29, 0.717) is 13.0 Å². The Morgan fingerprint density at radius 3 is 2.70 bits per heavy atom. The Kier molecular flexibility index (Phi) is 6.42. The number of halogens is 1. The van der Waals surface area contributed by atoms with Gasteiger partial charge in [-0.25, -0.2) is 4.98 Å². The van der Waals surface area contributed by atoms with Crippen molar-refractivity contribution in [3.05, 3.63) is 40.4 Å². The van der Waals surface area contributed by atoms with Gasteiger partial charge >= 0.3 is 0 Å². The van der Waals surface area contributed by atoms with Gasteiger partial charge in [-0.3, -0.25) is 4.79 Å². The summed E-state index contributed by atoms with van der Waals surface area (Å²) >= 11 is 1.62. The lowest BCUT2D eigenvalue weighted by Crippen LogP contribution is -2.14. The molecule has 4 nitrogen and oxygen atoms in total. The molecule has 0 aliphatic heterocycles. The molecule has 0 spiro atoms. The van der Waals surface area contributed by atoms with Crippen molar-refractivity contribution in [2.45, 2.75) is 39.0 Å². The van der Waals surface area contributed by atoms with E-state index in [1.807, 2.05) is 31.2 Å². The molecule has 3 rings (SSSR count). The molecule has 124 valence electrons. The molecule has 23 heavy (non-hydrogen) atoms. The van der Waals surface area contributed by atoms with Crippen molar-refractivity contribution in [3.8, 4) is 5.75 Å². The van der Waals surface area contributed by atoms with E-state index in [1.54, 1.807) is 11.3 Å². The summed E-state index contributed by atoms with van der Waals surface area (Å²) in [5.41, 5.74) is 2.15. The van der Waals surface area contributed by atoms with Gasteiger partial charge in [0.05, 0.1) is 18.7 Å². The summed E-state index contributed by atoms with van der Waals surface area (Å²) in [6.45, 7) is 2.60. The quantitative estimate of drug-likeness (QED) is 0.884. The minimum absolute atomic E-state index is 0. The van der Waals surface area contributed by atoms with Crippen LogP contribution >= 0.6 is 23.7 Å². The van der Waals surface area contributed by atoms with Crippen LogP contribution in [0.15, 0.2) is 24.3 Å². The zero-order valence-corrected chi connectivity index (χ0v) is 14.8. The van der Waals surface area contributed by atoms with Crippen LogP contribution in [0.5, 0.6) is 5.75 Å². The lowest BCUT2D eigenvalue weighted by molar-refractivity contribution is -0.115. The SMILES string of the molecule is CCOc1ccc(CC(=O)Nc2nc3c(s2)CCCC3)cc1.Cl. The Balaban J connectivity index is 0.00000192. The van der Waals surface area contributed by atoms with Crippen LogP contribution in [0.3, 0.4) is 0 Å². The molecule has 1 heterocycles. The molecule has 1 aliphatic rings. The number of nitrogens with zero attached hydrogens (tertiary/aromatic N) is 1. The number of nitrogens with one attached hydrogen (secondary N) is 1. The Hall–Kier alpha value is -1.59. The number of anilines is 1. The van der Waals surface area contributed by atoms with E-state index in [4.69, 9.17) is 4.74 Å². The van der Waals surface area contributed by atoms with E-state index in [1.165, 1.54) is 23.4 Å². The van der Waals surface area contributed by atoms with E-state index in [0.717, 1.165) is 29.3 Å². The maximum atomic E-state index is 12.1. The van der Waals surface area contributed by atoms with Crippen molar-refractivity contribution in [3.63, 3.8) is 0 Å². The molecular formula is C17H21ClN2O2S. The molecule has 0 saturated heterocycles. The molecule has 1 N–H and O–H groups in total. The van der Waals surface area contributed by atoms with Gasteiger partial charge in [-0.05, 0) is 50.3 Å². The van der Waals surface area contributed by atoms with Crippen LogP contribution in [-0.2, 0) is 24.1 Å². The number of aromatic nitrogens is 1. The first kappa shape index (κ1) is 17.8. The van der Waals surface area contributed by atoms with Crippen LogP contribution in [0.2, 0.25) is 0 Å². The van der Waals surface area contributed by atoms with Crippen LogP contribution in [0.4, 0.5) is 5.13 Å². The second-order valence-electron chi connectivity index (χ2n) is 5.40. The lowest BCUT2D eigenvalue weighted by atomic mass is 10.0. The molecule has 0 saturated carbocycles. The zero-order chi connectivity index (χ0) is 15.4. The molecule has 6 heteroatoms. The third kappa shape index (κ3) is 4.69. The lowest BCUT2D eigenvalue weighted by Gasteiger charge is -2.06. The van der Waals surface area contributed by atoms with E-state index in [2.05, 4.69) is 10.3 Å². The Morgan fingerprint density at radius 2 is 2.00 bits per heavy atom. The molecular weight excluding hydrogens is 332 g/mol. The smallest absolute Gasteiger partial charge is 0.230 e. The van der Waals surface area contributed by atoms with Crippen molar-refractivity contribution in [2.24, 2.45) is 0 Å². The van der Waals surface area contributed by atoms with Crippen molar-refractivity contribution in [2.75, 3.05) is 11.9 Å². The summed E-state index contributed by atoms with van der Waals surface area (Å²) < 4.78 is 5.40. The van der Waals surface area contributed by atoms with Gasteiger partial charge in [0, 0.05) is 4.88 Å². The first-order valence-electron chi connectivity index (χ1n) is 7.75. The number of rotatable bonds is 5. The molecule has 1 aromatic carbocycles. The second-order valence-corrected chi connectivity index (χ2v) is 6.48. The second kappa shape index (κ2) is 8.31.